The van der Waals surface area contributed by atoms with Crippen LogP contribution in [0.1, 0.15) is 23.4 Å². The summed E-state index contributed by atoms with van der Waals surface area (Å²) in [4.78, 5) is 15.6. The fourth-order valence-electron chi connectivity index (χ4n) is 2.77. The first-order chi connectivity index (χ1) is 10.7. The molecular formula is C17H23N5. The Bertz CT molecular complexity index is 593. The van der Waals surface area contributed by atoms with Gasteiger partial charge in [0.25, 0.3) is 0 Å². The Morgan fingerprint density at radius 2 is 2.05 bits per heavy atom. The molecule has 3 heterocycles. The maximum atomic E-state index is 4.44. The van der Waals surface area contributed by atoms with Crippen LogP contribution in [0, 0.1) is 19.8 Å². The van der Waals surface area contributed by atoms with Crippen LogP contribution < -0.4 is 5.32 Å². The number of anilines is 1. The minimum Gasteiger partial charge on any atom is -0.370 e. The molecule has 1 N–H and O–H groups in total. The van der Waals surface area contributed by atoms with E-state index in [0.717, 1.165) is 43.4 Å². The number of hydrogen-bond acceptors (Lipinski definition) is 5. The summed E-state index contributed by atoms with van der Waals surface area (Å²) in [7, 11) is 0. The van der Waals surface area contributed by atoms with E-state index >= 15 is 0 Å². The van der Waals surface area contributed by atoms with Crippen molar-refractivity contribution in [2.24, 2.45) is 5.92 Å². The fourth-order valence-corrected chi connectivity index (χ4v) is 2.77. The molecule has 5 heteroatoms. The molecule has 1 fully saturated rings. The zero-order valence-electron chi connectivity index (χ0n) is 13.3. The largest absolute Gasteiger partial charge is 0.370 e. The molecule has 1 unspecified atom stereocenters. The highest BCUT2D eigenvalue weighted by atomic mass is 15.2. The van der Waals surface area contributed by atoms with E-state index in [4.69, 9.17) is 0 Å². The SMILES string of the molecule is Cc1ccc(NCC2CCN(Cc3cnc(C)cn3)C2)nc1. The first-order valence-corrected chi connectivity index (χ1v) is 7.85. The van der Waals surface area contributed by atoms with Gasteiger partial charge in [-0.25, -0.2) is 4.98 Å². The average Bonchev–Trinajstić information content (AvgIpc) is 2.97. The van der Waals surface area contributed by atoms with Crippen LogP contribution in [0.5, 0.6) is 0 Å². The lowest BCUT2D eigenvalue weighted by Crippen LogP contribution is -2.23. The van der Waals surface area contributed by atoms with Crippen molar-refractivity contribution in [3.05, 3.63) is 47.7 Å². The second-order valence-corrected chi connectivity index (χ2v) is 6.14. The highest BCUT2D eigenvalue weighted by molar-refractivity contribution is 5.35. The van der Waals surface area contributed by atoms with Gasteiger partial charge in [0.2, 0.25) is 0 Å². The molecule has 0 radical (unpaired) electrons. The monoisotopic (exact) mass is 297 g/mol. The van der Waals surface area contributed by atoms with Crippen molar-refractivity contribution >= 4 is 5.82 Å². The number of aromatic nitrogens is 3. The zero-order valence-corrected chi connectivity index (χ0v) is 13.3. The van der Waals surface area contributed by atoms with Gasteiger partial charge in [-0.05, 0) is 44.4 Å². The summed E-state index contributed by atoms with van der Waals surface area (Å²) < 4.78 is 0. The van der Waals surface area contributed by atoms with E-state index in [9.17, 15) is 0 Å². The molecule has 3 rings (SSSR count). The molecule has 0 amide bonds. The first-order valence-electron chi connectivity index (χ1n) is 7.85. The van der Waals surface area contributed by atoms with E-state index in [-0.39, 0.29) is 0 Å². The summed E-state index contributed by atoms with van der Waals surface area (Å²) in [5.41, 5.74) is 3.22. The van der Waals surface area contributed by atoms with E-state index < -0.39 is 0 Å². The summed E-state index contributed by atoms with van der Waals surface area (Å²) in [6.45, 7) is 8.13. The maximum absolute atomic E-state index is 4.44. The fraction of sp³-hybridized carbons (Fsp3) is 0.471. The van der Waals surface area contributed by atoms with Crippen LogP contribution in [0.25, 0.3) is 0 Å². The molecule has 0 bridgehead atoms. The average molecular weight is 297 g/mol. The highest BCUT2D eigenvalue weighted by Gasteiger charge is 2.22. The molecule has 0 aliphatic carbocycles. The normalized spacial score (nSPS) is 18.5. The molecule has 22 heavy (non-hydrogen) atoms. The van der Waals surface area contributed by atoms with Crippen molar-refractivity contribution in [2.45, 2.75) is 26.8 Å². The van der Waals surface area contributed by atoms with Gasteiger partial charge in [0, 0.05) is 38.2 Å². The van der Waals surface area contributed by atoms with Crippen LogP contribution in [0.3, 0.4) is 0 Å². The molecule has 1 saturated heterocycles. The van der Waals surface area contributed by atoms with E-state index in [1.165, 1.54) is 12.0 Å². The number of aryl methyl sites for hydroxylation is 2. The number of pyridine rings is 1. The molecule has 2 aromatic heterocycles. The minimum absolute atomic E-state index is 0.668. The van der Waals surface area contributed by atoms with Crippen LogP contribution in [-0.4, -0.2) is 39.5 Å². The standard InChI is InChI=1S/C17H23N5/c1-13-3-4-17(20-7-13)21-9-15-5-6-22(11-15)12-16-10-18-14(2)8-19-16/h3-4,7-8,10,15H,5-6,9,11-12H2,1-2H3,(H,20,21). The lowest BCUT2D eigenvalue weighted by Gasteiger charge is -2.16. The van der Waals surface area contributed by atoms with Crippen molar-refractivity contribution in [3.8, 4) is 0 Å². The summed E-state index contributed by atoms with van der Waals surface area (Å²) in [5, 5.41) is 3.44. The molecular weight excluding hydrogens is 274 g/mol. The van der Waals surface area contributed by atoms with Crippen molar-refractivity contribution < 1.29 is 0 Å². The van der Waals surface area contributed by atoms with Crippen LogP contribution in [-0.2, 0) is 6.54 Å². The molecule has 2 aromatic rings. The maximum Gasteiger partial charge on any atom is 0.125 e. The van der Waals surface area contributed by atoms with Gasteiger partial charge < -0.3 is 5.32 Å². The number of nitrogens with zero attached hydrogens (tertiary/aromatic N) is 4. The Kier molecular flexibility index (Phi) is 4.63. The Balaban J connectivity index is 1.45. The minimum atomic E-state index is 0.668. The third-order valence-corrected chi connectivity index (χ3v) is 4.07. The van der Waals surface area contributed by atoms with Crippen LogP contribution in [0.4, 0.5) is 5.82 Å². The predicted molar refractivity (Wildman–Crippen MR) is 87.6 cm³/mol. The van der Waals surface area contributed by atoms with Crippen LogP contribution in [0.2, 0.25) is 0 Å². The number of likely N-dealkylation sites (tertiary alicyclic amines) is 1. The second kappa shape index (κ2) is 6.83. The lowest BCUT2D eigenvalue weighted by molar-refractivity contribution is 0.314. The van der Waals surface area contributed by atoms with Crippen LogP contribution >= 0.6 is 0 Å². The van der Waals surface area contributed by atoms with E-state index in [1.54, 1.807) is 0 Å². The molecule has 0 aromatic carbocycles. The summed E-state index contributed by atoms with van der Waals surface area (Å²) in [6, 6.07) is 4.14. The van der Waals surface area contributed by atoms with Crippen LogP contribution in [0.15, 0.2) is 30.7 Å². The Labute approximate surface area is 131 Å². The molecule has 0 spiro atoms. The van der Waals surface area contributed by atoms with Gasteiger partial charge in [-0.3, -0.25) is 14.9 Å². The van der Waals surface area contributed by atoms with Gasteiger partial charge in [0.05, 0.1) is 11.4 Å². The topological polar surface area (TPSA) is 53.9 Å². The molecule has 1 aliphatic rings. The zero-order chi connectivity index (χ0) is 15.4. The quantitative estimate of drug-likeness (QED) is 0.918. The van der Waals surface area contributed by atoms with Crippen molar-refractivity contribution in [1.29, 1.82) is 0 Å². The molecule has 116 valence electrons. The van der Waals surface area contributed by atoms with Crippen molar-refractivity contribution in [3.63, 3.8) is 0 Å². The summed E-state index contributed by atoms with van der Waals surface area (Å²) >= 11 is 0. The first kappa shape index (κ1) is 14.9. The third-order valence-electron chi connectivity index (χ3n) is 4.07. The van der Waals surface area contributed by atoms with Gasteiger partial charge >= 0.3 is 0 Å². The second-order valence-electron chi connectivity index (χ2n) is 6.14. The Hall–Kier alpha value is -2.01. The molecule has 5 nitrogen and oxygen atoms in total. The predicted octanol–water partition coefficient (Wildman–Crippen LogP) is 2.42. The van der Waals surface area contributed by atoms with Gasteiger partial charge in [0.1, 0.15) is 5.82 Å². The number of hydrogen-bond donors (Lipinski definition) is 1. The number of nitrogens with one attached hydrogen (secondary N) is 1. The summed E-state index contributed by atoms with van der Waals surface area (Å²) in [6.07, 6.45) is 6.85. The van der Waals surface area contributed by atoms with Gasteiger partial charge in [-0.1, -0.05) is 6.07 Å². The summed E-state index contributed by atoms with van der Waals surface area (Å²) in [5.74, 6) is 1.63. The molecule has 1 aliphatic heterocycles. The lowest BCUT2D eigenvalue weighted by atomic mass is 10.1. The highest BCUT2D eigenvalue weighted by Crippen LogP contribution is 2.18. The van der Waals surface area contributed by atoms with Crippen molar-refractivity contribution in [2.75, 3.05) is 25.0 Å². The van der Waals surface area contributed by atoms with Gasteiger partial charge in [-0.15, -0.1) is 0 Å². The third kappa shape index (κ3) is 4.01. The number of rotatable bonds is 5. The van der Waals surface area contributed by atoms with Gasteiger partial charge in [0.15, 0.2) is 0 Å². The molecule has 0 saturated carbocycles. The Morgan fingerprint density at radius 3 is 2.77 bits per heavy atom. The van der Waals surface area contributed by atoms with Crippen molar-refractivity contribution in [1.82, 2.24) is 19.9 Å². The van der Waals surface area contributed by atoms with E-state index in [0.29, 0.717) is 5.92 Å². The van der Waals surface area contributed by atoms with E-state index in [1.807, 2.05) is 31.6 Å². The Morgan fingerprint density at radius 1 is 1.14 bits per heavy atom. The van der Waals surface area contributed by atoms with Gasteiger partial charge in [-0.2, -0.15) is 0 Å². The smallest absolute Gasteiger partial charge is 0.125 e. The molecule has 1 atom stereocenters. The van der Waals surface area contributed by atoms with E-state index in [2.05, 4.69) is 38.2 Å².